The van der Waals surface area contributed by atoms with Gasteiger partial charge in [-0.1, -0.05) is 12.1 Å². The lowest BCUT2D eigenvalue weighted by Crippen LogP contribution is -2.50. The minimum absolute atomic E-state index is 0.0212. The highest BCUT2D eigenvalue weighted by Crippen LogP contribution is 2.32. The van der Waals surface area contributed by atoms with Gasteiger partial charge in [0.05, 0.1) is 12.0 Å². The maximum atomic E-state index is 13.2. The predicted molar refractivity (Wildman–Crippen MR) is 125 cm³/mol. The number of fused-ring (bicyclic) bond motifs is 1. The van der Waals surface area contributed by atoms with Crippen LogP contribution >= 0.6 is 11.3 Å². The Morgan fingerprint density at radius 1 is 1.00 bits per heavy atom. The first-order chi connectivity index (χ1) is 15.4. The summed E-state index contributed by atoms with van der Waals surface area (Å²) in [6.07, 6.45) is 1.16. The molecule has 1 aliphatic rings. The third-order valence-electron chi connectivity index (χ3n) is 5.98. The Bertz CT molecular complexity index is 1150. The van der Waals surface area contributed by atoms with Crippen LogP contribution in [0.5, 0.6) is 5.75 Å². The molecular formula is C24H28N4O3S. The van der Waals surface area contributed by atoms with Crippen LogP contribution in [0.2, 0.25) is 0 Å². The fourth-order valence-corrected chi connectivity index (χ4v) is 5.43. The maximum Gasteiger partial charge on any atom is 0.264 e. The van der Waals surface area contributed by atoms with Gasteiger partial charge in [0, 0.05) is 43.7 Å². The van der Waals surface area contributed by atoms with Crippen molar-refractivity contribution < 1.29 is 14.3 Å². The van der Waals surface area contributed by atoms with E-state index in [-0.39, 0.29) is 11.8 Å². The van der Waals surface area contributed by atoms with E-state index in [4.69, 9.17) is 4.74 Å². The van der Waals surface area contributed by atoms with Crippen molar-refractivity contribution in [1.29, 1.82) is 0 Å². The number of benzene rings is 1. The van der Waals surface area contributed by atoms with E-state index >= 15 is 0 Å². The van der Waals surface area contributed by atoms with Gasteiger partial charge in [-0.3, -0.25) is 9.59 Å². The Hall–Kier alpha value is -3.00. The third-order valence-corrected chi connectivity index (χ3v) is 7.16. The molecule has 168 valence electrons. The molecule has 0 saturated carbocycles. The van der Waals surface area contributed by atoms with E-state index < -0.39 is 0 Å². The number of rotatable bonds is 5. The second-order valence-corrected chi connectivity index (χ2v) is 9.11. The fourth-order valence-electron chi connectivity index (χ4n) is 4.18. The van der Waals surface area contributed by atoms with Crippen LogP contribution in [-0.4, -0.2) is 64.9 Å². The van der Waals surface area contributed by atoms with E-state index in [1.54, 1.807) is 7.11 Å². The summed E-state index contributed by atoms with van der Waals surface area (Å²) >= 11 is 1.44. The summed E-state index contributed by atoms with van der Waals surface area (Å²) < 4.78 is 5.17. The van der Waals surface area contributed by atoms with Gasteiger partial charge >= 0.3 is 0 Å². The number of nitrogens with zero attached hydrogens (tertiary/aromatic N) is 4. The standard InChI is InChI=1S/C24H28N4O3S/c1-15-21-16(2)25-17(3)26-23(21)32-22(15)24(30)28-13-11-27(12-14-28)20(29)10-7-18-5-8-19(31-4)9-6-18/h5-6,8-9H,7,10-14H2,1-4H3. The van der Waals surface area contributed by atoms with E-state index in [0.717, 1.165) is 43.5 Å². The average Bonchev–Trinajstić information content (AvgIpc) is 3.13. The fraction of sp³-hybridized carbons (Fsp3) is 0.417. The van der Waals surface area contributed by atoms with Gasteiger partial charge in [-0.15, -0.1) is 11.3 Å². The van der Waals surface area contributed by atoms with E-state index in [0.29, 0.717) is 39.0 Å². The molecule has 3 heterocycles. The SMILES string of the molecule is COc1ccc(CCC(=O)N2CCN(C(=O)c3sc4nc(C)nc(C)c4c3C)CC2)cc1. The van der Waals surface area contributed by atoms with Crippen molar-refractivity contribution in [2.24, 2.45) is 0 Å². The van der Waals surface area contributed by atoms with Crippen LogP contribution in [0.4, 0.5) is 0 Å². The molecule has 4 rings (SSSR count). The Morgan fingerprint density at radius 2 is 1.66 bits per heavy atom. The number of aryl methyl sites for hydroxylation is 4. The zero-order valence-electron chi connectivity index (χ0n) is 19.0. The summed E-state index contributed by atoms with van der Waals surface area (Å²) in [7, 11) is 1.64. The predicted octanol–water partition coefficient (Wildman–Crippen LogP) is 3.54. The van der Waals surface area contributed by atoms with Gasteiger partial charge in [0.15, 0.2) is 0 Å². The summed E-state index contributed by atoms with van der Waals surface area (Å²) in [6.45, 7) is 8.02. The Labute approximate surface area is 192 Å². The molecule has 32 heavy (non-hydrogen) atoms. The second kappa shape index (κ2) is 9.24. The molecular weight excluding hydrogens is 424 g/mol. The van der Waals surface area contributed by atoms with Crippen LogP contribution in [0.15, 0.2) is 24.3 Å². The molecule has 2 aromatic heterocycles. The summed E-state index contributed by atoms with van der Waals surface area (Å²) in [5, 5.41) is 0.983. The van der Waals surface area contributed by atoms with E-state index in [2.05, 4.69) is 9.97 Å². The summed E-state index contributed by atoms with van der Waals surface area (Å²) in [6, 6.07) is 7.80. The zero-order valence-corrected chi connectivity index (χ0v) is 19.8. The first-order valence-electron chi connectivity index (χ1n) is 10.8. The second-order valence-electron chi connectivity index (χ2n) is 8.11. The average molecular weight is 453 g/mol. The van der Waals surface area contributed by atoms with Crippen molar-refractivity contribution >= 4 is 33.4 Å². The minimum Gasteiger partial charge on any atom is -0.497 e. The quantitative estimate of drug-likeness (QED) is 0.592. The normalized spacial score (nSPS) is 14.1. The Morgan fingerprint density at radius 3 is 2.31 bits per heavy atom. The molecule has 0 radical (unpaired) electrons. The van der Waals surface area contributed by atoms with Crippen LogP contribution in [-0.2, 0) is 11.2 Å². The number of amides is 2. The van der Waals surface area contributed by atoms with Gasteiger partial charge < -0.3 is 14.5 Å². The molecule has 0 atom stereocenters. The molecule has 0 bridgehead atoms. The largest absolute Gasteiger partial charge is 0.497 e. The highest BCUT2D eigenvalue weighted by atomic mass is 32.1. The Balaban J connectivity index is 1.35. The van der Waals surface area contributed by atoms with Crippen molar-refractivity contribution in [2.45, 2.75) is 33.6 Å². The number of aromatic nitrogens is 2. The maximum absolute atomic E-state index is 13.2. The Kier molecular flexibility index (Phi) is 6.41. The molecule has 0 spiro atoms. The number of hydrogen-bond donors (Lipinski definition) is 0. The number of carbonyl (C=O) groups excluding carboxylic acids is 2. The van der Waals surface area contributed by atoms with E-state index in [1.807, 2.05) is 54.8 Å². The molecule has 3 aromatic rings. The molecule has 7 nitrogen and oxygen atoms in total. The lowest BCUT2D eigenvalue weighted by atomic mass is 10.1. The first kappa shape index (κ1) is 22.2. The monoisotopic (exact) mass is 452 g/mol. The van der Waals surface area contributed by atoms with Gasteiger partial charge in [0.1, 0.15) is 16.4 Å². The van der Waals surface area contributed by atoms with Crippen LogP contribution in [0.1, 0.15) is 38.7 Å². The van der Waals surface area contributed by atoms with Gasteiger partial charge in [0.25, 0.3) is 5.91 Å². The smallest absolute Gasteiger partial charge is 0.264 e. The lowest BCUT2D eigenvalue weighted by molar-refractivity contribution is -0.132. The molecule has 0 N–H and O–H groups in total. The highest BCUT2D eigenvalue weighted by Gasteiger charge is 2.27. The molecule has 2 amide bonds. The number of methoxy groups -OCH3 is 1. The zero-order chi connectivity index (χ0) is 22.8. The first-order valence-corrected chi connectivity index (χ1v) is 11.6. The molecule has 1 aliphatic heterocycles. The number of ether oxygens (including phenoxy) is 1. The van der Waals surface area contributed by atoms with Crippen molar-refractivity contribution in [3.8, 4) is 5.75 Å². The molecule has 1 aromatic carbocycles. The molecule has 0 unspecified atom stereocenters. The number of piperazine rings is 1. The topological polar surface area (TPSA) is 75.6 Å². The lowest BCUT2D eigenvalue weighted by Gasteiger charge is -2.34. The molecule has 0 aliphatic carbocycles. The van der Waals surface area contributed by atoms with Crippen molar-refractivity contribution in [2.75, 3.05) is 33.3 Å². The molecule has 8 heteroatoms. The number of thiophene rings is 1. The van der Waals surface area contributed by atoms with E-state index in [1.165, 1.54) is 11.3 Å². The van der Waals surface area contributed by atoms with Crippen LogP contribution in [0, 0.1) is 20.8 Å². The van der Waals surface area contributed by atoms with Crippen LogP contribution in [0.3, 0.4) is 0 Å². The summed E-state index contributed by atoms with van der Waals surface area (Å²) in [5.74, 6) is 1.68. The highest BCUT2D eigenvalue weighted by molar-refractivity contribution is 7.20. The summed E-state index contributed by atoms with van der Waals surface area (Å²) in [5.41, 5.74) is 2.97. The van der Waals surface area contributed by atoms with Gasteiger partial charge in [-0.2, -0.15) is 0 Å². The van der Waals surface area contributed by atoms with Crippen molar-refractivity contribution in [3.63, 3.8) is 0 Å². The van der Waals surface area contributed by atoms with Gasteiger partial charge in [0.2, 0.25) is 5.91 Å². The van der Waals surface area contributed by atoms with Crippen LogP contribution in [0.25, 0.3) is 10.2 Å². The molecule has 1 saturated heterocycles. The summed E-state index contributed by atoms with van der Waals surface area (Å²) in [4.78, 5) is 40.1. The minimum atomic E-state index is 0.0212. The third kappa shape index (κ3) is 4.46. The van der Waals surface area contributed by atoms with Crippen LogP contribution < -0.4 is 4.74 Å². The van der Waals surface area contributed by atoms with Gasteiger partial charge in [-0.05, 0) is 50.5 Å². The van der Waals surface area contributed by atoms with Crippen molar-refractivity contribution in [1.82, 2.24) is 19.8 Å². The molecule has 1 fully saturated rings. The van der Waals surface area contributed by atoms with E-state index in [9.17, 15) is 9.59 Å². The number of hydrogen-bond acceptors (Lipinski definition) is 6. The number of carbonyl (C=O) groups is 2. The van der Waals surface area contributed by atoms with Gasteiger partial charge in [-0.25, -0.2) is 9.97 Å². The van der Waals surface area contributed by atoms with Crippen molar-refractivity contribution in [3.05, 3.63) is 51.8 Å².